The maximum atomic E-state index is 11.8. The Bertz CT molecular complexity index is 397. The first-order chi connectivity index (χ1) is 8.06. The number of hydrogen-bond acceptors (Lipinski definition) is 5. The highest BCUT2D eigenvalue weighted by Gasteiger charge is 2.11. The zero-order valence-corrected chi connectivity index (χ0v) is 12.0. The molecule has 102 valence electrons. The smallest absolute Gasteiger partial charge is 0.254 e. The van der Waals surface area contributed by atoms with Crippen molar-refractivity contribution in [3.05, 3.63) is 17.5 Å². The molecule has 0 aliphatic rings. The summed E-state index contributed by atoms with van der Waals surface area (Å²) >= 11 is 0. The van der Waals surface area contributed by atoms with Crippen LogP contribution in [-0.2, 0) is 0 Å². The third-order valence-corrected chi connectivity index (χ3v) is 2.27. The monoisotopic (exact) mass is 273 g/mol. The Morgan fingerprint density at radius 2 is 2.06 bits per heavy atom. The van der Waals surface area contributed by atoms with Crippen LogP contribution in [0.15, 0.2) is 6.20 Å². The van der Waals surface area contributed by atoms with E-state index in [1.807, 2.05) is 28.1 Å². The molecule has 6 nitrogen and oxygen atoms in total. The number of nitrogens with one attached hydrogen (secondary N) is 2. The van der Waals surface area contributed by atoms with Gasteiger partial charge in [0.05, 0.1) is 11.3 Å². The summed E-state index contributed by atoms with van der Waals surface area (Å²) in [7, 11) is 5.56. The minimum atomic E-state index is -0.136. The van der Waals surface area contributed by atoms with Gasteiger partial charge in [0.25, 0.3) is 5.91 Å². The van der Waals surface area contributed by atoms with Gasteiger partial charge in [-0.1, -0.05) is 0 Å². The number of amides is 1. The first kappa shape index (κ1) is 16.6. The first-order valence-electron chi connectivity index (χ1n) is 5.50. The molecule has 18 heavy (non-hydrogen) atoms. The van der Waals surface area contributed by atoms with Crippen molar-refractivity contribution < 1.29 is 4.79 Å². The van der Waals surface area contributed by atoms with Gasteiger partial charge in [0.15, 0.2) is 0 Å². The molecule has 7 heteroatoms. The summed E-state index contributed by atoms with van der Waals surface area (Å²) in [5.74, 6) is 0.470. The topological polar surface area (TPSA) is 70.2 Å². The molecule has 1 amide bonds. The molecule has 0 unspecified atom stereocenters. The van der Waals surface area contributed by atoms with E-state index in [0.29, 0.717) is 23.8 Å². The maximum Gasteiger partial charge on any atom is 0.254 e. The molecule has 0 saturated heterocycles. The highest BCUT2D eigenvalue weighted by Crippen LogP contribution is 2.08. The van der Waals surface area contributed by atoms with Crippen molar-refractivity contribution in [3.8, 4) is 0 Å². The molecule has 0 fully saturated rings. The lowest BCUT2D eigenvalue weighted by Crippen LogP contribution is -2.31. The molecule has 0 aromatic carbocycles. The molecule has 1 aromatic heterocycles. The molecule has 2 N–H and O–H groups in total. The van der Waals surface area contributed by atoms with E-state index in [9.17, 15) is 4.79 Å². The Morgan fingerprint density at radius 1 is 1.39 bits per heavy atom. The third-order valence-electron chi connectivity index (χ3n) is 2.27. The van der Waals surface area contributed by atoms with Gasteiger partial charge in [0, 0.05) is 33.4 Å². The first-order valence-corrected chi connectivity index (χ1v) is 5.50. The fourth-order valence-electron chi connectivity index (χ4n) is 1.29. The molecule has 1 rings (SSSR count). The van der Waals surface area contributed by atoms with Gasteiger partial charge >= 0.3 is 0 Å². The number of carbonyl (C=O) groups excluding carboxylic acids is 1. The molecular formula is C11H20ClN5O. The second kappa shape index (κ2) is 7.84. The molecule has 0 radical (unpaired) electrons. The molecule has 1 heterocycles. The molecule has 0 aliphatic heterocycles. The maximum absolute atomic E-state index is 11.8. The van der Waals surface area contributed by atoms with Crippen molar-refractivity contribution in [2.24, 2.45) is 0 Å². The summed E-state index contributed by atoms with van der Waals surface area (Å²) in [6.45, 7) is 3.13. The number of nitrogens with zero attached hydrogens (tertiary/aromatic N) is 3. The number of hydrogen-bond donors (Lipinski definition) is 2. The minimum Gasteiger partial charge on any atom is -0.351 e. The van der Waals surface area contributed by atoms with E-state index < -0.39 is 0 Å². The van der Waals surface area contributed by atoms with E-state index in [1.54, 1.807) is 11.1 Å². The minimum absolute atomic E-state index is 0. The lowest BCUT2D eigenvalue weighted by Gasteiger charge is -2.12. The highest BCUT2D eigenvalue weighted by molar-refractivity contribution is 5.94. The summed E-state index contributed by atoms with van der Waals surface area (Å²) in [5.41, 5.74) is 1.21. The fraction of sp³-hybridized carbons (Fsp3) is 0.545. The van der Waals surface area contributed by atoms with Crippen molar-refractivity contribution in [3.63, 3.8) is 0 Å². The van der Waals surface area contributed by atoms with Gasteiger partial charge in [-0.05, 0) is 14.0 Å². The predicted octanol–water partition coefficient (Wildman–Crippen LogP) is 0.222. The zero-order valence-electron chi connectivity index (χ0n) is 11.1. The van der Waals surface area contributed by atoms with Crippen LogP contribution in [0.3, 0.4) is 0 Å². The zero-order chi connectivity index (χ0) is 12.8. The van der Waals surface area contributed by atoms with Gasteiger partial charge in [-0.3, -0.25) is 4.79 Å². The summed E-state index contributed by atoms with van der Waals surface area (Å²) in [5, 5.41) is 5.75. The number of anilines is 1. The van der Waals surface area contributed by atoms with E-state index in [0.717, 1.165) is 6.54 Å². The molecule has 0 atom stereocenters. The van der Waals surface area contributed by atoms with Crippen molar-refractivity contribution in [1.29, 1.82) is 0 Å². The second-order valence-corrected chi connectivity index (χ2v) is 3.92. The number of aryl methyl sites for hydroxylation is 1. The van der Waals surface area contributed by atoms with Crippen LogP contribution in [0.4, 0.5) is 5.95 Å². The van der Waals surface area contributed by atoms with Gasteiger partial charge < -0.3 is 15.5 Å². The standard InChI is InChI=1S/C11H19N5O.ClH/c1-8-9(10(17)13-6-5-12-2)7-14-11(15-8)16(3)4;/h7,12H,5-6H2,1-4H3,(H,13,17);1H. The third kappa shape index (κ3) is 4.46. The van der Waals surface area contributed by atoms with Crippen LogP contribution < -0.4 is 15.5 Å². The van der Waals surface area contributed by atoms with Crippen LogP contribution in [0.5, 0.6) is 0 Å². The molecule has 0 bridgehead atoms. The number of halogens is 1. The van der Waals surface area contributed by atoms with Crippen LogP contribution in [0.2, 0.25) is 0 Å². The largest absolute Gasteiger partial charge is 0.351 e. The lowest BCUT2D eigenvalue weighted by atomic mass is 10.2. The average molecular weight is 274 g/mol. The van der Waals surface area contributed by atoms with Crippen molar-refractivity contribution in [1.82, 2.24) is 20.6 Å². The molecule has 0 saturated carbocycles. The van der Waals surface area contributed by atoms with Crippen LogP contribution >= 0.6 is 12.4 Å². The predicted molar refractivity (Wildman–Crippen MR) is 74.6 cm³/mol. The Morgan fingerprint density at radius 3 is 2.56 bits per heavy atom. The van der Waals surface area contributed by atoms with Crippen molar-refractivity contribution in [2.75, 3.05) is 39.1 Å². The Labute approximate surface area is 114 Å². The summed E-state index contributed by atoms with van der Waals surface area (Å²) in [4.78, 5) is 22.0. The van der Waals surface area contributed by atoms with E-state index in [1.165, 1.54) is 0 Å². The lowest BCUT2D eigenvalue weighted by molar-refractivity contribution is 0.0952. The van der Waals surface area contributed by atoms with Crippen LogP contribution in [-0.4, -0.2) is 50.1 Å². The summed E-state index contributed by atoms with van der Waals surface area (Å²) < 4.78 is 0. The van der Waals surface area contributed by atoms with Gasteiger partial charge in [-0.25, -0.2) is 9.97 Å². The highest BCUT2D eigenvalue weighted by atomic mass is 35.5. The normalized spacial score (nSPS) is 9.56. The number of rotatable bonds is 5. The van der Waals surface area contributed by atoms with Gasteiger partial charge in [-0.15, -0.1) is 12.4 Å². The van der Waals surface area contributed by atoms with Crippen LogP contribution in [0.1, 0.15) is 16.1 Å². The quantitative estimate of drug-likeness (QED) is 0.751. The molecule has 1 aromatic rings. The van der Waals surface area contributed by atoms with Crippen molar-refractivity contribution in [2.45, 2.75) is 6.92 Å². The summed E-state index contributed by atoms with van der Waals surface area (Å²) in [6, 6.07) is 0. The van der Waals surface area contributed by atoms with Gasteiger partial charge in [0.2, 0.25) is 5.95 Å². The number of aromatic nitrogens is 2. The molecule has 0 spiro atoms. The molecular weight excluding hydrogens is 254 g/mol. The fourth-order valence-corrected chi connectivity index (χ4v) is 1.29. The Balaban J connectivity index is 0.00000289. The van der Waals surface area contributed by atoms with E-state index in [2.05, 4.69) is 20.6 Å². The Hall–Kier alpha value is -1.40. The van der Waals surface area contributed by atoms with Gasteiger partial charge in [-0.2, -0.15) is 0 Å². The van der Waals surface area contributed by atoms with E-state index in [4.69, 9.17) is 0 Å². The molecule has 0 aliphatic carbocycles. The van der Waals surface area contributed by atoms with Crippen LogP contribution in [0.25, 0.3) is 0 Å². The van der Waals surface area contributed by atoms with Crippen molar-refractivity contribution >= 4 is 24.3 Å². The van der Waals surface area contributed by atoms with Gasteiger partial charge in [0.1, 0.15) is 0 Å². The average Bonchev–Trinajstić information content (AvgIpc) is 2.28. The van der Waals surface area contributed by atoms with Crippen LogP contribution in [0, 0.1) is 6.92 Å². The summed E-state index contributed by atoms with van der Waals surface area (Å²) in [6.07, 6.45) is 1.56. The number of carbonyl (C=O) groups is 1. The van der Waals surface area contributed by atoms with E-state index >= 15 is 0 Å². The second-order valence-electron chi connectivity index (χ2n) is 3.92. The SMILES string of the molecule is CNCCNC(=O)c1cnc(N(C)C)nc1C.Cl. The Kier molecular flexibility index (Phi) is 7.23. The number of likely N-dealkylation sites (N-methyl/N-ethyl adjacent to an activating group) is 1. The van der Waals surface area contributed by atoms with E-state index in [-0.39, 0.29) is 18.3 Å².